The van der Waals surface area contributed by atoms with Gasteiger partial charge in [-0.3, -0.25) is 9.69 Å². The molecule has 138 valence electrons. The molecule has 3 aromatic rings. The SMILES string of the molecule is CCN(CC)Cc1cnc2c(C(=O)NCCc3scnc3C)cnn2c1. The summed E-state index contributed by atoms with van der Waals surface area (Å²) < 4.78 is 1.68. The highest BCUT2D eigenvalue weighted by Crippen LogP contribution is 2.13. The lowest BCUT2D eigenvalue weighted by atomic mass is 10.2. The highest BCUT2D eigenvalue weighted by Gasteiger charge is 2.14. The third kappa shape index (κ3) is 4.08. The van der Waals surface area contributed by atoms with Crippen molar-refractivity contribution in [3.8, 4) is 0 Å². The van der Waals surface area contributed by atoms with Gasteiger partial charge in [0, 0.05) is 42.3 Å². The van der Waals surface area contributed by atoms with E-state index >= 15 is 0 Å². The van der Waals surface area contributed by atoms with Crippen LogP contribution in [0, 0.1) is 6.92 Å². The molecule has 26 heavy (non-hydrogen) atoms. The number of fused-ring (bicyclic) bond motifs is 1. The normalized spacial score (nSPS) is 11.4. The Labute approximate surface area is 157 Å². The van der Waals surface area contributed by atoms with Gasteiger partial charge in [-0.05, 0) is 20.0 Å². The molecule has 3 aromatic heterocycles. The molecule has 0 saturated carbocycles. The molecular formula is C18H24N6OS. The van der Waals surface area contributed by atoms with E-state index in [2.05, 4.69) is 39.1 Å². The third-order valence-corrected chi connectivity index (χ3v) is 5.43. The van der Waals surface area contributed by atoms with Gasteiger partial charge in [0.25, 0.3) is 5.91 Å². The average Bonchev–Trinajstić information content (AvgIpc) is 3.25. The van der Waals surface area contributed by atoms with E-state index < -0.39 is 0 Å². The molecule has 1 N–H and O–H groups in total. The molecule has 3 heterocycles. The Hall–Kier alpha value is -2.32. The first-order valence-corrected chi connectivity index (χ1v) is 9.72. The van der Waals surface area contributed by atoms with Crippen molar-refractivity contribution in [1.29, 1.82) is 0 Å². The fourth-order valence-electron chi connectivity index (χ4n) is 2.81. The zero-order valence-electron chi connectivity index (χ0n) is 15.4. The van der Waals surface area contributed by atoms with Gasteiger partial charge in [-0.2, -0.15) is 5.10 Å². The monoisotopic (exact) mass is 372 g/mol. The zero-order valence-corrected chi connectivity index (χ0v) is 16.2. The van der Waals surface area contributed by atoms with Crippen LogP contribution in [-0.4, -0.2) is 50.0 Å². The summed E-state index contributed by atoms with van der Waals surface area (Å²) in [5.41, 5.74) is 5.03. The van der Waals surface area contributed by atoms with Crippen molar-refractivity contribution in [2.24, 2.45) is 0 Å². The van der Waals surface area contributed by atoms with E-state index in [1.165, 1.54) is 4.88 Å². The van der Waals surface area contributed by atoms with Gasteiger partial charge in [0.15, 0.2) is 5.65 Å². The van der Waals surface area contributed by atoms with Gasteiger partial charge < -0.3 is 5.32 Å². The summed E-state index contributed by atoms with van der Waals surface area (Å²) >= 11 is 1.62. The Morgan fingerprint density at radius 2 is 2.08 bits per heavy atom. The molecule has 0 aliphatic rings. The number of nitrogens with zero attached hydrogens (tertiary/aromatic N) is 5. The molecule has 0 saturated heterocycles. The topological polar surface area (TPSA) is 75.4 Å². The van der Waals surface area contributed by atoms with E-state index in [1.54, 1.807) is 22.0 Å². The molecule has 0 unspecified atom stereocenters. The first kappa shape index (κ1) is 18.5. The van der Waals surface area contributed by atoms with Crippen molar-refractivity contribution in [3.05, 3.63) is 45.8 Å². The minimum Gasteiger partial charge on any atom is -0.352 e. The van der Waals surface area contributed by atoms with E-state index in [4.69, 9.17) is 0 Å². The second-order valence-electron chi connectivity index (χ2n) is 6.12. The quantitative estimate of drug-likeness (QED) is 0.657. The number of rotatable bonds is 8. The second kappa shape index (κ2) is 8.37. The highest BCUT2D eigenvalue weighted by atomic mass is 32.1. The van der Waals surface area contributed by atoms with Crippen LogP contribution < -0.4 is 5.32 Å². The van der Waals surface area contributed by atoms with E-state index in [9.17, 15) is 4.79 Å². The number of thiazole rings is 1. The lowest BCUT2D eigenvalue weighted by molar-refractivity contribution is 0.0955. The van der Waals surface area contributed by atoms with Crippen molar-refractivity contribution in [2.75, 3.05) is 19.6 Å². The summed E-state index contributed by atoms with van der Waals surface area (Å²) in [5.74, 6) is -0.147. The van der Waals surface area contributed by atoms with E-state index in [0.29, 0.717) is 17.8 Å². The summed E-state index contributed by atoms with van der Waals surface area (Å²) in [6, 6.07) is 0. The lowest BCUT2D eigenvalue weighted by Gasteiger charge is -2.17. The molecule has 0 radical (unpaired) electrons. The van der Waals surface area contributed by atoms with Crippen molar-refractivity contribution in [3.63, 3.8) is 0 Å². The molecule has 0 aliphatic heterocycles. The molecule has 0 aliphatic carbocycles. The molecule has 0 spiro atoms. The number of nitrogens with one attached hydrogen (secondary N) is 1. The van der Waals surface area contributed by atoms with Crippen molar-refractivity contribution < 1.29 is 4.79 Å². The van der Waals surface area contributed by atoms with Crippen LogP contribution in [-0.2, 0) is 13.0 Å². The van der Waals surface area contributed by atoms with Gasteiger partial charge in [-0.25, -0.2) is 14.5 Å². The van der Waals surface area contributed by atoms with Crippen LogP contribution in [0.4, 0.5) is 0 Å². The number of amides is 1. The van der Waals surface area contributed by atoms with Crippen molar-refractivity contribution in [1.82, 2.24) is 29.8 Å². The van der Waals surface area contributed by atoms with Crippen LogP contribution >= 0.6 is 11.3 Å². The van der Waals surface area contributed by atoms with Gasteiger partial charge in [0.2, 0.25) is 0 Å². The highest BCUT2D eigenvalue weighted by molar-refractivity contribution is 7.09. The Morgan fingerprint density at radius 1 is 1.27 bits per heavy atom. The van der Waals surface area contributed by atoms with Gasteiger partial charge in [-0.1, -0.05) is 13.8 Å². The van der Waals surface area contributed by atoms with Crippen LogP contribution in [0.15, 0.2) is 24.1 Å². The molecule has 0 fully saturated rings. The summed E-state index contributed by atoms with van der Waals surface area (Å²) in [7, 11) is 0. The van der Waals surface area contributed by atoms with Crippen LogP contribution in [0.5, 0.6) is 0 Å². The Morgan fingerprint density at radius 3 is 2.77 bits per heavy atom. The standard InChI is InChI=1S/C18H24N6OS/c1-4-23(5-2)10-14-8-20-17-15(9-22-24(17)11-14)18(25)19-7-6-16-13(3)21-12-26-16/h8-9,11-12H,4-7,10H2,1-3H3,(H,19,25). The third-order valence-electron chi connectivity index (χ3n) is 4.44. The maximum Gasteiger partial charge on any atom is 0.256 e. The maximum absolute atomic E-state index is 12.5. The molecule has 0 aromatic carbocycles. The van der Waals surface area contributed by atoms with Crippen molar-refractivity contribution in [2.45, 2.75) is 33.7 Å². The number of aryl methyl sites for hydroxylation is 1. The predicted octanol–water partition coefficient (Wildman–Crippen LogP) is 2.31. The van der Waals surface area contributed by atoms with Gasteiger partial charge in [0.1, 0.15) is 5.56 Å². The smallest absolute Gasteiger partial charge is 0.256 e. The molecule has 1 amide bonds. The molecule has 3 rings (SSSR count). The fraction of sp³-hybridized carbons (Fsp3) is 0.444. The summed E-state index contributed by atoms with van der Waals surface area (Å²) in [6.45, 7) is 9.63. The number of carbonyl (C=O) groups is 1. The van der Waals surface area contributed by atoms with E-state index in [1.807, 2.05) is 24.8 Å². The van der Waals surface area contributed by atoms with Crippen LogP contribution in [0.3, 0.4) is 0 Å². The molecule has 8 heteroatoms. The minimum atomic E-state index is -0.147. The predicted molar refractivity (Wildman–Crippen MR) is 103 cm³/mol. The molecule has 7 nitrogen and oxygen atoms in total. The minimum absolute atomic E-state index is 0.147. The number of carbonyl (C=O) groups excluding carboxylic acids is 1. The van der Waals surface area contributed by atoms with Crippen molar-refractivity contribution >= 4 is 22.9 Å². The van der Waals surface area contributed by atoms with Crippen LogP contribution in [0.25, 0.3) is 5.65 Å². The summed E-state index contributed by atoms with van der Waals surface area (Å²) in [4.78, 5) is 24.7. The zero-order chi connectivity index (χ0) is 18.5. The maximum atomic E-state index is 12.5. The van der Waals surface area contributed by atoms with Crippen LogP contribution in [0.2, 0.25) is 0 Å². The molecule has 0 bridgehead atoms. The molecule has 0 atom stereocenters. The summed E-state index contributed by atoms with van der Waals surface area (Å²) in [6.07, 6.45) is 6.13. The van der Waals surface area contributed by atoms with Crippen LogP contribution in [0.1, 0.15) is 40.3 Å². The molecular weight excluding hydrogens is 348 g/mol. The van der Waals surface area contributed by atoms with Gasteiger partial charge in [0.05, 0.1) is 17.4 Å². The largest absolute Gasteiger partial charge is 0.352 e. The Balaban J connectivity index is 1.66. The Bertz CT molecular complexity index is 883. The average molecular weight is 372 g/mol. The van der Waals surface area contributed by atoms with E-state index in [0.717, 1.165) is 37.3 Å². The second-order valence-corrected chi connectivity index (χ2v) is 7.06. The van der Waals surface area contributed by atoms with E-state index in [-0.39, 0.29) is 5.91 Å². The number of aromatic nitrogens is 4. The first-order chi connectivity index (χ1) is 12.6. The summed E-state index contributed by atoms with van der Waals surface area (Å²) in [5, 5.41) is 7.24. The Kier molecular flexibility index (Phi) is 5.95. The first-order valence-electron chi connectivity index (χ1n) is 8.84. The number of hydrogen-bond donors (Lipinski definition) is 1. The van der Waals surface area contributed by atoms with Gasteiger partial charge in [-0.15, -0.1) is 11.3 Å². The fourth-order valence-corrected chi connectivity index (χ4v) is 3.59. The number of hydrogen-bond acceptors (Lipinski definition) is 6. The lowest BCUT2D eigenvalue weighted by Crippen LogP contribution is -2.25. The van der Waals surface area contributed by atoms with Gasteiger partial charge >= 0.3 is 0 Å².